The van der Waals surface area contributed by atoms with Crippen LogP contribution in [0.15, 0.2) is 0 Å². The zero-order valence-corrected chi connectivity index (χ0v) is 14.1. The molecule has 0 aromatic heterocycles. The lowest BCUT2D eigenvalue weighted by atomic mass is 10.1. The molecule has 0 fully saturated rings. The number of hydrogen-bond donors (Lipinski definition) is 2. The Morgan fingerprint density at radius 1 is 0.952 bits per heavy atom. The Bertz CT molecular complexity index is 203. The summed E-state index contributed by atoms with van der Waals surface area (Å²) < 4.78 is 16.2. The first-order valence-electron chi connectivity index (χ1n) is 8.28. The Hall–Kier alpha value is -0.200. The van der Waals surface area contributed by atoms with Gasteiger partial charge in [0.15, 0.2) is 0 Å². The van der Waals surface area contributed by atoms with Gasteiger partial charge in [-0.1, -0.05) is 27.2 Å². The normalized spacial score (nSPS) is 13.0. The first kappa shape index (κ1) is 20.8. The van der Waals surface area contributed by atoms with Gasteiger partial charge in [0.05, 0.1) is 32.5 Å². The third-order valence-corrected chi connectivity index (χ3v) is 2.97. The minimum absolute atomic E-state index is 0.346. The zero-order valence-electron chi connectivity index (χ0n) is 14.1. The van der Waals surface area contributed by atoms with Gasteiger partial charge in [0.25, 0.3) is 0 Å². The number of nitrogens with one attached hydrogen (secondary N) is 1. The van der Waals surface area contributed by atoms with Crippen molar-refractivity contribution in [2.45, 2.75) is 46.1 Å². The quantitative estimate of drug-likeness (QED) is 0.426. The van der Waals surface area contributed by atoms with Crippen LogP contribution in [0.2, 0.25) is 0 Å². The van der Waals surface area contributed by atoms with Gasteiger partial charge in [0, 0.05) is 26.3 Å². The van der Waals surface area contributed by atoms with Crippen molar-refractivity contribution in [3.05, 3.63) is 0 Å². The summed E-state index contributed by atoms with van der Waals surface area (Å²) in [6, 6.07) is 0. The molecule has 21 heavy (non-hydrogen) atoms. The van der Waals surface area contributed by atoms with Crippen LogP contribution >= 0.6 is 0 Å². The van der Waals surface area contributed by atoms with E-state index in [0.717, 1.165) is 39.0 Å². The summed E-state index contributed by atoms with van der Waals surface area (Å²) in [6.45, 7) is 11.6. The van der Waals surface area contributed by atoms with Crippen LogP contribution in [0.3, 0.4) is 0 Å². The van der Waals surface area contributed by atoms with Crippen LogP contribution in [0.1, 0.15) is 40.0 Å². The largest absolute Gasteiger partial charge is 0.389 e. The number of rotatable bonds is 16. The highest BCUT2D eigenvalue weighted by molar-refractivity contribution is 4.58. The Morgan fingerprint density at radius 2 is 1.67 bits per heavy atom. The molecule has 0 radical (unpaired) electrons. The van der Waals surface area contributed by atoms with E-state index in [1.54, 1.807) is 0 Å². The molecule has 0 heterocycles. The summed E-state index contributed by atoms with van der Waals surface area (Å²) in [5.74, 6) is 0.683. The summed E-state index contributed by atoms with van der Waals surface area (Å²) in [4.78, 5) is 0. The predicted molar refractivity (Wildman–Crippen MR) is 85.7 cm³/mol. The monoisotopic (exact) mass is 305 g/mol. The molecule has 2 N–H and O–H groups in total. The fourth-order valence-corrected chi connectivity index (χ4v) is 1.58. The smallest absolute Gasteiger partial charge is 0.0897 e. The van der Waals surface area contributed by atoms with Gasteiger partial charge in [-0.15, -0.1) is 0 Å². The van der Waals surface area contributed by atoms with Crippen molar-refractivity contribution in [3.63, 3.8) is 0 Å². The first-order valence-corrected chi connectivity index (χ1v) is 8.28. The van der Waals surface area contributed by atoms with E-state index in [1.807, 2.05) is 0 Å². The Kier molecular flexibility index (Phi) is 16.0. The standard InChI is InChI=1S/C16H35NO4/c1-4-5-8-19-11-12-21-14-16(18)13-17-7-10-20-9-6-15(2)3/h15-18H,4-14H2,1-3H3. The van der Waals surface area contributed by atoms with Crippen molar-refractivity contribution >= 4 is 0 Å². The molecule has 0 aliphatic rings. The van der Waals surface area contributed by atoms with Crippen LogP contribution in [0, 0.1) is 5.92 Å². The van der Waals surface area contributed by atoms with Crippen molar-refractivity contribution in [3.8, 4) is 0 Å². The van der Waals surface area contributed by atoms with Gasteiger partial charge in [0.1, 0.15) is 0 Å². The minimum Gasteiger partial charge on any atom is -0.389 e. The molecule has 0 bridgehead atoms. The van der Waals surface area contributed by atoms with Crippen molar-refractivity contribution in [2.75, 3.05) is 52.7 Å². The Balaban J connectivity index is 3.14. The number of aliphatic hydroxyl groups excluding tert-OH is 1. The number of unbranched alkanes of at least 4 members (excludes halogenated alkanes) is 1. The molecule has 1 atom stereocenters. The van der Waals surface area contributed by atoms with Gasteiger partial charge in [0.2, 0.25) is 0 Å². The summed E-state index contributed by atoms with van der Waals surface area (Å²) in [7, 11) is 0. The minimum atomic E-state index is -0.476. The third kappa shape index (κ3) is 17.7. The lowest BCUT2D eigenvalue weighted by Crippen LogP contribution is -2.32. The molecule has 0 aliphatic heterocycles. The Labute approximate surface area is 130 Å². The third-order valence-electron chi connectivity index (χ3n) is 2.97. The van der Waals surface area contributed by atoms with E-state index in [9.17, 15) is 5.11 Å². The van der Waals surface area contributed by atoms with Crippen LogP contribution in [0.25, 0.3) is 0 Å². The number of ether oxygens (including phenoxy) is 3. The van der Waals surface area contributed by atoms with E-state index >= 15 is 0 Å². The summed E-state index contributed by atoms with van der Waals surface area (Å²) >= 11 is 0. The molecule has 0 aromatic rings. The first-order chi connectivity index (χ1) is 10.2. The van der Waals surface area contributed by atoms with Crippen LogP contribution in [-0.4, -0.2) is 63.9 Å². The second kappa shape index (κ2) is 16.2. The molecule has 128 valence electrons. The number of hydrogen-bond acceptors (Lipinski definition) is 5. The van der Waals surface area contributed by atoms with Crippen molar-refractivity contribution in [2.24, 2.45) is 5.92 Å². The molecule has 5 nitrogen and oxygen atoms in total. The lowest BCUT2D eigenvalue weighted by molar-refractivity contribution is 0.00341. The zero-order chi connectivity index (χ0) is 15.8. The molecular formula is C16H35NO4. The summed E-state index contributed by atoms with van der Waals surface area (Å²) in [5, 5.41) is 12.9. The average Bonchev–Trinajstić information content (AvgIpc) is 2.45. The fraction of sp³-hybridized carbons (Fsp3) is 1.00. The van der Waals surface area contributed by atoms with Crippen molar-refractivity contribution < 1.29 is 19.3 Å². The molecule has 5 heteroatoms. The molecule has 0 aliphatic carbocycles. The molecule has 0 aromatic carbocycles. The fourth-order valence-electron chi connectivity index (χ4n) is 1.58. The SMILES string of the molecule is CCCCOCCOCC(O)CNCCOCCC(C)C. The van der Waals surface area contributed by atoms with Crippen molar-refractivity contribution in [1.29, 1.82) is 0 Å². The Morgan fingerprint density at radius 3 is 2.38 bits per heavy atom. The van der Waals surface area contributed by atoms with Crippen LogP contribution < -0.4 is 5.32 Å². The van der Waals surface area contributed by atoms with E-state index in [-0.39, 0.29) is 0 Å². The maximum absolute atomic E-state index is 9.70. The molecule has 0 saturated carbocycles. The van der Waals surface area contributed by atoms with E-state index in [1.165, 1.54) is 0 Å². The second-order valence-corrected chi connectivity index (χ2v) is 5.69. The average molecular weight is 305 g/mol. The maximum atomic E-state index is 9.70. The highest BCUT2D eigenvalue weighted by atomic mass is 16.5. The van der Waals surface area contributed by atoms with E-state index in [0.29, 0.717) is 38.9 Å². The lowest BCUT2D eigenvalue weighted by Gasteiger charge is -2.13. The second-order valence-electron chi connectivity index (χ2n) is 5.69. The molecule has 0 rings (SSSR count). The molecule has 0 amide bonds. The molecule has 1 unspecified atom stereocenters. The van der Waals surface area contributed by atoms with Crippen LogP contribution in [0.5, 0.6) is 0 Å². The van der Waals surface area contributed by atoms with E-state index < -0.39 is 6.10 Å². The highest BCUT2D eigenvalue weighted by Crippen LogP contribution is 1.98. The van der Waals surface area contributed by atoms with Gasteiger partial charge < -0.3 is 24.6 Å². The highest BCUT2D eigenvalue weighted by Gasteiger charge is 2.03. The molecule has 0 saturated heterocycles. The topological polar surface area (TPSA) is 60.0 Å². The molecule has 0 spiro atoms. The van der Waals surface area contributed by atoms with E-state index in [4.69, 9.17) is 14.2 Å². The van der Waals surface area contributed by atoms with Crippen LogP contribution in [0.4, 0.5) is 0 Å². The van der Waals surface area contributed by atoms with Gasteiger partial charge in [-0.25, -0.2) is 0 Å². The van der Waals surface area contributed by atoms with Crippen LogP contribution in [-0.2, 0) is 14.2 Å². The van der Waals surface area contributed by atoms with Crippen molar-refractivity contribution in [1.82, 2.24) is 5.32 Å². The van der Waals surface area contributed by atoms with Gasteiger partial charge >= 0.3 is 0 Å². The van der Waals surface area contributed by atoms with Gasteiger partial charge in [-0.2, -0.15) is 0 Å². The number of aliphatic hydroxyl groups is 1. The maximum Gasteiger partial charge on any atom is 0.0897 e. The summed E-state index contributed by atoms with van der Waals surface area (Å²) in [6.07, 6.45) is 2.85. The van der Waals surface area contributed by atoms with Gasteiger partial charge in [-0.05, 0) is 18.8 Å². The van der Waals surface area contributed by atoms with E-state index in [2.05, 4.69) is 26.1 Å². The summed E-state index contributed by atoms with van der Waals surface area (Å²) in [5.41, 5.74) is 0. The predicted octanol–water partition coefficient (Wildman–Crippen LogP) is 1.83. The van der Waals surface area contributed by atoms with Gasteiger partial charge in [-0.3, -0.25) is 0 Å². The molecular weight excluding hydrogens is 270 g/mol.